The molecule has 0 heterocycles. The first kappa shape index (κ1) is 35.6. The Balaban J connectivity index is 1.65. The standard InChI is InChI=1S/C34H36O8P2/c1-5-39-31(35)23-13-9-17-27(23)43(28-18-10-14-24(28)32(36)40-6-2)21-22-44(29-19-11-15-25(29)33(37)41-7-3)30-20-12-16-26(30)34(38)42-8-4/h9-20H,5-8,21-22H2,1-4H3. The first-order valence-corrected chi connectivity index (χ1v) is 17.7. The van der Waals surface area contributed by atoms with Crippen LogP contribution in [0.4, 0.5) is 0 Å². The van der Waals surface area contributed by atoms with Gasteiger partial charge in [0.25, 0.3) is 0 Å². The van der Waals surface area contributed by atoms with Gasteiger partial charge in [-0.3, -0.25) is 19.2 Å². The molecule has 4 saturated carbocycles. The zero-order chi connectivity index (χ0) is 31.6. The molecule has 0 bridgehead atoms. The number of ether oxygens (including phenoxy) is 4. The second-order valence-electron chi connectivity index (χ2n) is 9.48. The molecule has 0 aromatic heterocycles. The fourth-order valence-corrected chi connectivity index (χ4v) is 11.0. The molecule has 230 valence electrons. The van der Waals surface area contributed by atoms with Crippen molar-refractivity contribution in [2.75, 3.05) is 38.8 Å². The van der Waals surface area contributed by atoms with Gasteiger partial charge in [-0.25, -0.2) is 0 Å². The van der Waals surface area contributed by atoms with E-state index < -0.39 is 39.7 Å². The van der Waals surface area contributed by atoms with Gasteiger partial charge in [-0.1, -0.05) is 15.8 Å². The van der Waals surface area contributed by atoms with Crippen molar-refractivity contribution >= 4 is 39.7 Å². The van der Waals surface area contributed by atoms with E-state index in [-0.39, 0.29) is 26.4 Å². The lowest BCUT2D eigenvalue weighted by Gasteiger charge is -2.38. The number of esters is 4. The van der Waals surface area contributed by atoms with Crippen LogP contribution in [0.15, 0.2) is 0 Å². The van der Waals surface area contributed by atoms with Crippen LogP contribution in [0, 0.1) is 123 Å². The molecular weight excluding hydrogens is 598 g/mol. The van der Waals surface area contributed by atoms with Gasteiger partial charge >= 0.3 is 23.9 Å². The Kier molecular flexibility index (Phi) is 14.2. The zero-order valence-electron chi connectivity index (χ0n) is 25.3. The van der Waals surface area contributed by atoms with E-state index in [2.05, 4.69) is 0 Å². The number of hydrogen-bond acceptors (Lipinski definition) is 8. The Bertz CT molecular complexity index is 827. The maximum atomic E-state index is 13.0. The molecule has 44 heavy (non-hydrogen) atoms. The number of carbonyl (C=O) groups excluding carboxylic acids is 4. The van der Waals surface area contributed by atoms with Crippen LogP contribution in [0.5, 0.6) is 0 Å². The first-order valence-electron chi connectivity index (χ1n) is 14.6. The smallest absolute Gasteiger partial charge is 0.314 e. The van der Waals surface area contributed by atoms with Gasteiger partial charge in [-0.15, -0.1) is 0 Å². The molecule has 4 rings (SSSR count). The molecule has 4 fully saturated rings. The van der Waals surface area contributed by atoms with E-state index in [4.69, 9.17) is 18.9 Å². The summed E-state index contributed by atoms with van der Waals surface area (Å²) in [5.41, 5.74) is 3.19. The number of rotatable bonds is 15. The van der Waals surface area contributed by atoms with Crippen LogP contribution in [0.2, 0.25) is 0 Å². The summed E-state index contributed by atoms with van der Waals surface area (Å²) >= 11 is 0. The van der Waals surface area contributed by atoms with Crippen molar-refractivity contribution in [1.29, 1.82) is 0 Å². The predicted octanol–water partition coefficient (Wildman–Crippen LogP) is 5.13. The minimum Gasteiger partial charge on any atom is -0.466 e. The van der Waals surface area contributed by atoms with Gasteiger partial charge in [-0.2, -0.15) is 0 Å². The summed E-state index contributed by atoms with van der Waals surface area (Å²) in [5.74, 6) is 0.137. The maximum absolute atomic E-state index is 13.0. The van der Waals surface area contributed by atoms with Crippen molar-refractivity contribution in [2.45, 2.75) is 27.7 Å². The zero-order valence-corrected chi connectivity index (χ0v) is 27.1. The molecule has 10 heteroatoms. The predicted molar refractivity (Wildman–Crippen MR) is 168 cm³/mol. The average Bonchev–Trinajstić information content (AvgIpc) is 3.83. The van der Waals surface area contributed by atoms with Gasteiger partial charge in [0.15, 0.2) is 0 Å². The van der Waals surface area contributed by atoms with Crippen LogP contribution in [-0.4, -0.2) is 62.6 Å². The summed E-state index contributed by atoms with van der Waals surface area (Å²) in [4.78, 5) is 52.0. The molecule has 0 saturated heterocycles. The lowest BCUT2D eigenvalue weighted by atomic mass is 10.1. The summed E-state index contributed by atoms with van der Waals surface area (Å²) in [6.07, 6.45) is 23.0. The van der Waals surface area contributed by atoms with Gasteiger partial charge in [0.1, 0.15) is 0 Å². The van der Waals surface area contributed by atoms with Gasteiger partial charge in [0.05, 0.1) is 50.1 Å². The van der Waals surface area contributed by atoms with Crippen molar-refractivity contribution in [3.8, 4) is 0 Å². The van der Waals surface area contributed by atoms with Crippen molar-refractivity contribution in [3.63, 3.8) is 0 Å². The molecule has 20 radical (unpaired) electrons. The average molecular weight is 635 g/mol. The molecule has 0 atom stereocenters. The summed E-state index contributed by atoms with van der Waals surface area (Å²) in [7, 11) is -2.54. The summed E-state index contributed by atoms with van der Waals surface area (Å²) in [6, 6.07) is 0. The van der Waals surface area contributed by atoms with Crippen molar-refractivity contribution in [2.24, 2.45) is 0 Å². The molecule has 0 amide bonds. The number of hydrogen-bond donors (Lipinski definition) is 0. The van der Waals surface area contributed by atoms with Crippen LogP contribution in [0.3, 0.4) is 0 Å². The molecular formula is C34H36O8P2. The fourth-order valence-electron chi connectivity index (χ4n) is 5.05. The van der Waals surface area contributed by atoms with E-state index in [9.17, 15) is 19.2 Å². The third kappa shape index (κ3) is 8.36. The first-order chi connectivity index (χ1) is 21.4. The van der Waals surface area contributed by atoms with E-state index in [0.29, 0.717) is 36.0 Å². The van der Waals surface area contributed by atoms with Crippen LogP contribution in [0.1, 0.15) is 27.7 Å². The third-order valence-corrected chi connectivity index (χ3v) is 12.4. The summed E-state index contributed by atoms with van der Waals surface area (Å²) in [5, 5.41) is 0. The Morgan fingerprint density at radius 2 is 0.659 bits per heavy atom. The topological polar surface area (TPSA) is 105 Å². The van der Waals surface area contributed by atoms with Gasteiger partial charge < -0.3 is 18.9 Å². The highest BCUT2D eigenvalue weighted by Crippen LogP contribution is 2.73. The summed E-state index contributed by atoms with van der Waals surface area (Å²) < 4.78 is 21.5. The van der Waals surface area contributed by atoms with E-state index >= 15 is 0 Å². The van der Waals surface area contributed by atoms with Gasteiger partial charge in [-0.05, 0) is 117 Å². The molecule has 0 unspecified atom stereocenters. The monoisotopic (exact) mass is 634 g/mol. The van der Waals surface area contributed by atoms with E-state index in [1.54, 1.807) is 53.4 Å². The third-order valence-electron chi connectivity index (χ3n) is 6.86. The Hall–Kier alpha value is -1.26. The highest BCUT2D eigenvalue weighted by molar-refractivity contribution is 7.69. The van der Waals surface area contributed by atoms with Crippen LogP contribution in [-0.2, 0) is 38.1 Å². The van der Waals surface area contributed by atoms with Gasteiger partial charge in [0, 0.05) is 22.6 Å². The minimum atomic E-state index is -1.27. The van der Waals surface area contributed by atoms with E-state index in [1.165, 1.54) is 0 Å². The SMILES string of the molecule is CCOC(=O)[C]1[CH][CH][CH][C]1P(CCP([C]1[CH][CH][CH][C]1C(=O)OCC)[C]1[CH][CH][CH][C]1C(=O)OCC)[C]1[CH][CH][CH][C]1C(=O)OCC. The Morgan fingerprint density at radius 1 is 0.432 bits per heavy atom. The normalized spacial score (nSPS) is 22.0. The second-order valence-corrected chi connectivity index (χ2v) is 14.0. The largest absolute Gasteiger partial charge is 0.466 e. The summed E-state index contributed by atoms with van der Waals surface area (Å²) in [6.45, 7) is 7.97. The van der Waals surface area contributed by atoms with Gasteiger partial charge in [0.2, 0.25) is 0 Å². The lowest BCUT2D eigenvalue weighted by Crippen LogP contribution is -2.26. The van der Waals surface area contributed by atoms with Crippen LogP contribution < -0.4 is 0 Å². The molecule has 0 aliphatic heterocycles. The fraction of sp³-hybridized carbons (Fsp3) is 0.294. The molecule has 0 aromatic rings. The van der Waals surface area contributed by atoms with Crippen molar-refractivity contribution < 1.29 is 38.1 Å². The van der Waals surface area contributed by atoms with Crippen LogP contribution >= 0.6 is 15.8 Å². The molecule has 4 aliphatic rings. The molecule has 8 nitrogen and oxygen atoms in total. The Labute approximate surface area is 267 Å². The quantitative estimate of drug-likeness (QED) is 0.139. The van der Waals surface area contributed by atoms with Crippen molar-refractivity contribution in [3.05, 3.63) is 123 Å². The Morgan fingerprint density at radius 3 is 0.864 bits per heavy atom. The second kappa shape index (κ2) is 17.6. The number of carbonyl (C=O) groups is 4. The minimum absolute atomic E-state index is 0.235. The molecule has 0 aromatic carbocycles. The molecule has 4 aliphatic carbocycles. The highest BCUT2D eigenvalue weighted by atomic mass is 31.1. The van der Waals surface area contributed by atoms with E-state index in [1.807, 2.05) is 51.4 Å². The van der Waals surface area contributed by atoms with Crippen molar-refractivity contribution in [1.82, 2.24) is 0 Å². The molecule has 0 N–H and O–H groups in total. The highest BCUT2D eigenvalue weighted by Gasteiger charge is 2.52. The van der Waals surface area contributed by atoms with Crippen LogP contribution in [0.25, 0.3) is 0 Å². The maximum Gasteiger partial charge on any atom is 0.314 e. The van der Waals surface area contributed by atoms with E-state index in [0.717, 1.165) is 22.6 Å². The lowest BCUT2D eigenvalue weighted by molar-refractivity contribution is -0.141. The molecule has 0 spiro atoms.